The molecule has 0 fully saturated rings. The van der Waals surface area contributed by atoms with Crippen LogP contribution >= 0.6 is 31.9 Å². The Bertz CT molecular complexity index is 447. The minimum absolute atomic E-state index is 0.156. The molecule has 0 spiro atoms. The standard InChI is InChI=1S/C9H7Br2NO4/c1-16-9(13)6-2-5(12(14)15)3-8(11)7(6)4-10/h2-3H,4H2,1H3. The van der Waals surface area contributed by atoms with Gasteiger partial charge in [-0.15, -0.1) is 0 Å². The Morgan fingerprint density at radius 2 is 2.19 bits per heavy atom. The van der Waals surface area contributed by atoms with Crippen LogP contribution in [-0.2, 0) is 10.1 Å². The van der Waals surface area contributed by atoms with Gasteiger partial charge in [-0.05, 0) is 5.56 Å². The third-order valence-corrected chi connectivity index (χ3v) is 3.20. The number of alkyl halides is 1. The molecular weight excluding hydrogens is 346 g/mol. The Kier molecular flexibility index (Phi) is 4.43. The smallest absolute Gasteiger partial charge is 0.338 e. The summed E-state index contributed by atoms with van der Waals surface area (Å²) in [4.78, 5) is 21.5. The van der Waals surface area contributed by atoms with E-state index < -0.39 is 10.9 Å². The first-order valence-corrected chi connectivity index (χ1v) is 6.03. The number of benzene rings is 1. The fourth-order valence-corrected chi connectivity index (χ4v) is 2.72. The van der Waals surface area contributed by atoms with E-state index in [2.05, 4.69) is 36.6 Å². The van der Waals surface area contributed by atoms with Crippen molar-refractivity contribution in [2.24, 2.45) is 0 Å². The molecule has 0 aliphatic heterocycles. The number of halogens is 2. The Labute approximate surface area is 108 Å². The van der Waals surface area contributed by atoms with Gasteiger partial charge in [0.25, 0.3) is 5.69 Å². The molecule has 0 unspecified atom stereocenters. The number of hydrogen-bond acceptors (Lipinski definition) is 4. The maximum Gasteiger partial charge on any atom is 0.338 e. The highest BCUT2D eigenvalue weighted by Gasteiger charge is 2.19. The van der Waals surface area contributed by atoms with Gasteiger partial charge in [0.1, 0.15) is 0 Å². The monoisotopic (exact) mass is 351 g/mol. The lowest BCUT2D eigenvalue weighted by Gasteiger charge is -2.07. The molecule has 0 radical (unpaired) electrons. The molecule has 0 saturated heterocycles. The van der Waals surface area contributed by atoms with E-state index in [1.807, 2.05) is 0 Å². The molecule has 1 aromatic rings. The normalized spacial score (nSPS) is 9.94. The third-order valence-electron chi connectivity index (χ3n) is 1.93. The highest BCUT2D eigenvalue weighted by atomic mass is 79.9. The second kappa shape index (κ2) is 5.40. The summed E-state index contributed by atoms with van der Waals surface area (Å²) in [5.41, 5.74) is 0.648. The number of carbonyl (C=O) groups excluding carboxylic acids is 1. The fourth-order valence-electron chi connectivity index (χ4n) is 1.16. The maximum atomic E-state index is 11.4. The van der Waals surface area contributed by atoms with E-state index in [4.69, 9.17) is 0 Å². The van der Waals surface area contributed by atoms with Crippen LogP contribution in [0.2, 0.25) is 0 Å². The van der Waals surface area contributed by atoms with E-state index in [0.29, 0.717) is 15.4 Å². The van der Waals surface area contributed by atoms with E-state index in [1.54, 1.807) is 0 Å². The molecule has 0 aliphatic rings. The Morgan fingerprint density at radius 1 is 1.56 bits per heavy atom. The molecule has 1 aromatic carbocycles. The zero-order valence-corrected chi connectivity index (χ0v) is 11.4. The van der Waals surface area contributed by atoms with Crippen LogP contribution in [0.25, 0.3) is 0 Å². The highest BCUT2D eigenvalue weighted by molar-refractivity contribution is 9.10. The summed E-state index contributed by atoms with van der Waals surface area (Å²) in [5.74, 6) is -0.598. The molecule has 16 heavy (non-hydrogen) atoms. The van der Waals surface area contributed by atoms with Crippen LogP contribution in [0, 0.1) is 10.1 Å². The first-order chi connectivity index (χ1) is 7.51. The molecule has 1 rings (SSSR count). The zero-order chi connectivity index (χ0) is 12.3. The van der Waals surface area contributed by atoms with Crippen LogP contribution in [0.3, 0.4) is 0 Å². The molecule has 0 saturated carbocycles. The maximum absolute atomic E-state index is 11.4. The van der Waals surface area contributed by atoms with Crippen molar-refractivity contribution in [3.05, 3.63) is 37.8 Å². The average molecular weight is 353 g/mol. The van der Waals surface area contributed by atoms with Crippen LogP contribution in [0.5, 0.6) is 0 Å². The quantitative estimate of drug-likeness (QED) is 0.363. The van der Waals surface area contributed by atoms with E-state index in [9.17, 15) is 14.9 Å². The summed E-state index contributed by atoms with van der Waals surface area (Å²) in [6.07, 6.45) is 0. The van der Waals surface area contributed by atoms with Crippen LogP contribution in [0.1, 0.15) is 15.9 Å². The van der Waals surface area contributed by atoms with Gasteiger partial charge >= 0.3 is 5.97 Å². The SMILES string of the molecule is COC(=O)c1cc([N+](=O)[O-])cc(Br)c1CBr. The van der Waals surface area contributed by atoms with Gasteiger partial charge in [-0.2, -0.15) is 0 Å². The molecular formula is C9H7Br2NO4. The third kappa shape index (κ3) is 2.59. The highest BCUT2D eigenvalue weighted by Crippen LogP contribution is 2.29. The number of esters is 1. The number of carbonyl (C=O) groups is 1. The molecule has 0 N–H and O–H groups in total. The Morgan fingerprint density at radius 3 is 2.62 bits per heavy atom. The van der Waals surface area contributed by atoms with Crippen molar-refractivity contribution >= 4 is 43.5 Å². The molecule has 5 nitrogen and oxygen atoms in total. The topological polar surface area (TPSA) is 69.4 Å². The predicted molar refractivity (Wildman–Crippen MR) is 64.8 cm³/mol. The Balaban J connectivity index is 3.42. The van der Waals surface area contributed by atoms with E-state index >= 15 is 0 Å². The molecule has 0 aromatic heterocycles. The number of ether oxygens (including phenoxy) is 1. The number of non-ortho nitro benzene ring substituents is 1. The lowest BCUT2D eigenvalue weighted by molar-refractivity contribution is -0.385. The number of hydrogen-bond donors (Lipinski definition) is 0. The van der Waals surface area contributed by atoms with Crippen molar-refractivity contribution < 1.29 is 14.5 Å². The van der Waals surface area contributed by atoms with Gasteiger partial charge in [0.05, 0.1) is 17.6 Å². The first-order valence-electron chi connectivity index (χ1n) is 4.12. The molecule has 0 bridgehead atoms. The summed E-state index contributed by atoms with van der Waals surface area (Å²) in [7, 11) is 1.23. The summed E-state index contributed by atoms with van der Waals surface area (Å²) in [5, 5.41) is 11.0. The zero-order valence-electron chi connectivity index (χ0n) is 8.20. The van der Waals surface area contributed by atoms with Crippen LogP contribution in [0.15, 0.2) is 16.6 Å². The molecule has 0 atom stereocenters. The van der Waals surface area contributed by atoms with Gasteiger partial charge in [-0.3, -0.25) is 10.1 Å². The lowest BCUT2D eigenvalue weighted by atomic mass is 10.1. The minimum Gasteiger partial charge on any atom is -0.465 e. The summed E-state index contributed by atoms with van der Waals surface area (Å²) < 4.78 is 5.06. The number of nitrogens with zero attached hydrogens (tertiary/aromatic N) is 1. The summed E-state index contributed by atoms with van der Waals surface area (Å²) >= 11 is 6.39. The predicted octanol–water partition coefficient (Wildman–Crippen LogP) is 3.04. The number of methoxy groups -OCH3 is 1. The molecule has 0 amide bonds. The number of rotatable bonds is 3. The van der Waals surface area contributed by atoms with Crippen LogP contribution < -0.4 is 0 Å². The minimum atomic E-state index is -0.598. The number of nitro groups is 1. The van der Waals surface area contributed by atoms with Gasteiger partial charge < -0.3 is 4.74 Å². The summed E-state index contributed by atoms with van der Waals surface area (Å²) in [6, 6.07) is 2.55. The first kappa shape index (κ1) is 13.1. The molecule has 0 heterocycles. The molecule has 0 aliphatic carbocycles. The lowest BCUT2D eigenvalue weighted by Crippen LogP contribution is -2.06. The molecule has 7 heteroatoms. The van der Waals surface area contributed by atoms with Crippen molar-refractivity contribution in [1.29, 1.82) is 0 Å². The van der Waals surface area contributed by atoms with Gasteiger partial charge in [0.2, 0.25) is 0 Å². The van der Waals surface area contributed by atoms with Crippen LogP contribution in [-0.4, -0.2) is 18.0 Å². The van der Waals surface area contributed by atoms with Gasteiger partial charge in [0, 0.05) is 21.9 Å². The fraction of sp³-hybridized carbons (Fsp3) is 0.222. The van der Waals surface area contributed by atoms with E-state index in [-0.39, 0.29) is 11.3 Å². The van der Waals surface area contributed by atoms with Crippen molar-refractivity contribution in [3.63, 3.8) is 0 Å². The van der Waals surface area contributed by atoms with E-state index in [0.717, 1.165) is 0 Å². The summed E-state index contributed by atoms with van der Waals surface area (Å²) in [6.45, 7) is 0. The van der Waals surface area contributed by atoms with Gasteiger partial charge in [0.15, 0.2) is 0 Å². The second-order valence-corrected chi connectivity index (χ2v) is 4.25. The largest absolute Gasteiger partial charge is 0.465 e. The van der Waals surface area contributed by atoms with Crippen molar-refractivity contribution in [3.8, 4) is 0 Å². The van der Waals surface area contributed by atoms with E-state index in [1.165, 1.54) is 19.2 Å². The number of nitro benzene ring substituents is 1. The Hall–Kier alpha value is -0.950. The van der Waals surface area contributed by atoms with Crippen molar-refractivity contribution in [2.75, 3.05) is 7.11 Å². The average Bonchev–Trinajstić information content (AvgIpc) is 2.26. The second-order valence-electron chi connectivity index (χ2n) is 2.84. The van der Waals surface area contributed by atoms with Gasteiger partial charge in [-0.1, -0.05) is 31.9 Å². The van der Waals surface area contributed by atoms with Crippen molar-refractivity contribution in [2.45, 2.75) is 5.33 Å². The van der Waals surface area contributed by atoms with Gasteiger partial charge in [-0.25, -0.2) is 4.79 Å². The molecule has 86 valence electrons. The van der Waals surface area contributed by atoms with Crippen LogP contribution in [0.4, 0.5) is 5.69 Å². The van der Waals surface area contributed by atoms with Crippen molar-refractivity contribution in [1.82, 2.24) is 0 Å².